The number of nitrogens with one attached hydrogen (secondary N) is 2. The van der Waals surface area contributed by atoms with Gasteiger partial charge in [-0.2, -0.15) is 4.72 Å². The minimum atomic E-state index is -4.15. The molecule has 1 atom stereocenters. The minimum Gasteiger partial charge on any atom is -0.324 e. The van der Waals surface area contributed by atoms with Crippen molar-refractivity contribution < 1.29 is 22.5 Å². The summed E-state index contributed by atoms with van der Waals surface area (Å²) in [6, 6.07) is 16.0. The molecule has 2 N–H and O–H groups in total. The Balaban J connectivity index is 1.90. The summed E-state index contributed by atoms with van der Waals surface area (Å²) in [6.45, 7) is 1.49. The van der Waals surface area contributed by atoms with Gasteiger partial charge in [0.1, 0.15) is 11.9 Å². The molecule has 0 saturated carbocycles. The lowest BCUT2D eigenvalue weighted by Gasteiger charge is -2.19. The Bertz CT molecular complexity index is 1230. The van der Waals surface area contributed by atoms with E-state index in [4.69, 9.17) is 0 Å². The van der Waals surface area contributed by atoms with Crippen LogP contribution in [0.1, 0.15) is 11.1 Å². The largest absolute Gasteiger partial charge is 0.324 e. The van der Waals surface area contributed by atoms with Gasteiger partial charge in [-0.25, -0.2) is 12.8 Å². The number of halogens is 1. The number of nitrogens with zero attached hydrogens (tertiary/aromatic N) is 1. The molecule has 166 valence electrons. The van der Waals surface area contributed by atoms with E-state index in [-0.39, 0.29) is 28.3 Å². The zero-order valence-electron chi connectivity index (χ0n) is 17.0. The van der Waals surface area contributed by atoms with Crippen molar-refractivity contribution in [1.29, 1.82) is 0 Å². The third kappa shape index (κ3) is 5.54. The highest BCUT2D eigenvalue weighted by Crippen LogP contribution is 2.25. The predicted molar refractivity (Wildman–Crippen MR) is 117 cm³/mol. The number of benzene rings is 3. The summed E-state index contributed by atoms with van der Waals surface area (Å²) in [6.07, 6.45) is 0.0288. The second-order valence-electron chi connectivity index (χ2n) is 7.01. The van der Waals surface area contributed by atoms with Gasteiger partial charge in [0.15, 0.2) is 0 Å². The van der Waals surface area contributed by atoms with E-state index in [1.54, 1.807) is 30.3 Å². The number of nitro benzene ring substituents is 1. The first-order valence-electron chi connectivity index (χ1n) is 9.54. The number of carbonyl (C=O) groups is 1. The Morgan fingerprint density at radius 1 is 1.03 bits per heavy atom. The van der Waals surface area contributed by atoms with Gasteiger partial charge in [0, 0.05) is 6.07 Å². The van der Waals surface area contributed by atoms with E-state index in [1.807, 2.05) is 0 Å². The van der Waals surface area contributed by atoms with E-state index < -0.39 is 32.7 Å². The van der Waals surface area contributed by atoms with E-state index in [2.05, 4.69) is 10.0 Å². The second-order valence-corrected chi connectivity index (χ2v) is 8.73. The van der Waals surface area contributed by atoms with Crippen LogP contribution < -0.4 is 10.0 Å². The average Bonchev–Trinajstić information content (AvgIpc) is 2.75. The SMILES string of the molecule is Cc1c(NC(=O)[C@@H](Cc2ccccc2)NS(=O)(=O)c2ccc(F)cc2)cccc1[N+](=O)[O-]. The van der Waals surface area contributed by atoms with Crippen molar-refractivity contribution in [2.45, 2.75) is 24.3 Å². The van der Waals surface area contributed by atoms with Crippen LogP contribution in [0.25, 0.3) is 0 Å². The maximum atomic E-state index is 13.2. The molecule has 10 heteroatoms. The molecule has 3 rings (SSSR count). The Kier molecular flexibility index (Phi) is 6.96. The topological polar surface area (TPSA) is 118 Å². The molecular formula is C22H20FN3O5S. The molecular weight excluding hydrogens is 437 g/mol. The van der Waals surface area contributed by atoms with Crippen LogP contribution in [0.2, 0.25) is 0 Å². The Hall–Kier alpha value is -3.63. The molecule has 0 bridgehead atoms. The molecule has 0 aliphatic heterocycles. The average molecular weight is 457 g/mol. The van der Waals surface area contributed by atoms with Crippen LogP contribution in [-0.4, -0.2) is 25.3 Å². The summed E-state index contributed by atoms with van der Waals surface area (Å²) in [5.41, 5.74) is 0.966. The molecule has 0 unspecified atom stereocenters. The van der Waals surface area contributed by atoms with E-state index >= 15 is 0 Å². The van der Waals surface area contributed by atoms with Gasteiger partial charge in [0.05, 0.1) is 21.1 Å². The Morgan fingerprint density at radius 2 is 1.69 bits per heavy atom. The maximum Gasteiger partial charge on any atom is 0.274 e. The van der Waals surface area contributed by atoms with Crippen molar-refractivity contribution >= 4 is 27.3 Å². The molecule has 3 aromatic carbocycles. The third-order valence-corrected chi connectivity index (χ3v) is 6.27. The van der Waals surface area contributed by atoms with Gasteiger partial charge in [-0.1, -0.05) is 36.4 Å². The fourth-order valence-corrected chi connectivity index (χ4v) is 4.28. The van der Waals surface area contributed by atoms with Crippen molar-refractivity contribution in [1.82, 2.24) is 4.72 Å². The van der Waals surface area contributed by atoms with Gasteiger partial charge in [-0.15, -0.1) is 0 Å². The molecule has 0 fully saturated rings. The van der Waals surface area contributed by atoms with Crippen LogP contribution in [-0.2, 0) is 21.2 Å². The normalized spacial score (nSPS) is 12.2. The molecule has 32 heavy (non-hydrogen) atoms. The summed E-state index contributed by atoms with van der Waals surface area (Å²) in [4.78, 5) is 23.5. The number of hydrogen-bond acceptors (Lipinski definition) is 5. The second kappa shape index (κ2) is 9.67. The molecule has 0 aromatic heterocycles. The van der Waals surface area contributed by atoms with Crippen LogP contribution in [0.5, 0.6) is 0 Å². The van der Waals surface area contributed by atoms with E-state index in [9.17, 15) is 27.7 Å². The number of amides is 1. The lowest BCUT2D eigenvalue weighted by atomic mass is 10.1. The fraction of sp³-hybridized carbons (Fsp3) is 0.136. The van der Waals surface area contributed by atoms with E-state index in [0.29, 0.717) is 5.56 Å². The van der Waals surface area contributed by atoms with Crippen molar-refractivity contribution in [3.63, 3.8) is 0 Å². The molecule has 0 aliphatic rings. The quantitative estimate of drug-likeness (QED) is 0.396. The molecule has 0 heterocycles. The molecule has 8 nitrogen and oxygen atoms in total. The molecule has 3 aromatic rings. The van der Waals surface area contributed by atoms with Gasteiger partial charge in [-0.3, -0.25) is 14.9 Å². The van der Waals surface area contributed by atoms with Crippen molar-refractivity contribution in [2.75, 3.05) is 5.32 Å². The summed E-state index contributed by atoms with van der Waals surface area (Å²) < 4.78 is 41.2. The number of nitro groups is 1. The first-order chi connectivity index (χ1) is 15.2. The summed E-state index contributed by atoms with van der Waals surface area (Å²) >= 11 is 0. The van der Waals surface area contributed by atoms with Gasteiger partial charge >= 0.3 is 0 Å². The highest BCUT2D eigenvalue weighted by atomic mass is 32.2. The molecule has 0 aliphatic carbocycles. The Morgan fingerprint density at radius 3 is 2.31 bits per heavy atom. The van der Waals surface area contributed by atoms with Crippen LogP contribution in [0.15, 0.2) is 77.7 Å². The number of carbonyl (C=O) groups excluding carboxylic acids is 1. The number of anilines is 1. The zero-order chi connectivity index (χ0) is 23.3. The molecule has 1 amide bonds. The number of rotatable bonds is 8. The smallest absolute Gasteiger partial charge is 0.274 e. The molecule has 0 radical (unpaired) electrons. The standard InChI is InChI=1S/C22H20FN3O5S/c1-15-19(8-5-9-21(15)26(28)29)24-22(27)20(14-16-6-3-2-4-7-16)25-32(30,31)18-12-10-17(23)11-13-18/h2-13,20,25H,14H2,1H3,(H,24,27)/t20-/m1/s1. The number of sulfonamides is 1. The van der Waals surface area contributed by atoms with E-state index in [0.717, 1.165) is 24.3 Å². The summed E-state index contributed by atoms with van der Waals surface area (Å²) in [5, 5.41) is 13.8. The predicted octanol–water partition coefficient (Wildman–Crippen LogP) is 3.57. The van der Waals surface area contributed by atoms with Gasteiger partial charge in [-0.05, 0) is 49.2 Å². The van der Waals surface area contributed by atoms with Gasteiger partial charge in [0.25, 0.3) is 5.69 Å². The summed E-state index contributed by atoms with van der Waals surface area (Å²) in [7, 11) is -4.15. The highest BCUT2D eigenvalue weighted by molar-refractivity contribution is 7.89. The Labute approximate surface area is 184 Å². The van der Waals surface area contributed by atoms with Crippen molar-refractivity contribution in [3.8, 4) is 0 Å². The van der Waals surface area contributed by atoms with Crippen LogP contribution in [0.3, 0.4) is 0 Å². The molecule has 0 spiro atoms. The fourth-order valence-electron chi connectivity index (χ4n) is 3.08. The lowest BCUT2D eigenvalue weighted by Crippen LogP contribution is -2.45. The van der Waals surface area contributed by atoms with Gasteiger partial charge in [0.2, 0.25) is 15.9 Å². The first-order valence-corrected chi connectivity index (χ1v) is 11.0. The van der Waals surface area contributed by atoms with Crippen LogP contribution in [0.4, 0.5) is 15.8 Å². The van der Waals surface area contributed by atoms with Crippen molar-refractivity contribution in [2.24, 2.45) is 0 Å². The summed E-state index contributed by atoms with van der Waals surface area (Å²) in [5.74, 6) is -1.29. The highest BCUT2D eigenvalue weighted by Gasteiger charge is 2.27. The third-order valence-electron chi connectivity index (χ3n) is 4.78. The first kappa shape index (κ1) is 23.0. The lowest BCUT2D eigenvalue weighted by molar-refractivity contribution is -0.385. The zero-order valence-corrected chi connectivity index (χ0v) is 17.8. The minimum absolute atomic E-state index is 0.0288. The van der Waals surface area contributed by atoms with Crippen LogP contribution >= 0.6 is 0 Å². The maximum absolute atomic E-state index is 13.2. The monoisotopic (exact) mass is 457 g/mol. The van der Waals surface area contributed by atoms with Gasteiger partial charge < -0.3 is 5.32 Å². The van der Waals surface area contributed by atoms with Crippen molar-refractivity contribution in [3.05, 3.63) is 99.9 Å². The van der Waals surface area contributed by atoms with E-state index in [1.165, 1.54) is 25.1 Å². The number of hydrogen-bond donors (Lipinski definition) is 2. The molecule has 0 saturated heterocycles. The van der Waals surface area contributed by atoms with Crippen LogP contribution in [0, 0.1) is 22.9 Å².